The van der Waals surface area contributed by atoms with Crippen molar-refractivity contribution in [2.45, 2.75) is 25.0 Å². The van der Waals surface area contributed by atoms with Crippen LogP contribution in [-0.2, 0) is 14.3 Å². The van der Waals surface area contributed by atoms with Crippen molar-refractivity contribution in [1.29, 1.82) is 0 Å². The molecule has 1 amide bonds. The molecule has 0 spiro atoms. The lowest BCUT2D eigenvalue weighted by molar-refractivity contribution is -0.146. The highest BCUT2D eigenvalue weighted by Crippen LogP contribution is 2.06. The van der Waals surface area contributed by atoms with Gasteiger partial charge in [-0.15, -0.1) is 0 Å². The van der Waals surface area contributed by atoms with Gasteiger partial charge >= 0.3 is 5.97 Å². The predicted octanol–water partition coefficient (Wildman–Crippen LogP) is -1.68. The fraction of sp³-hybridized carbons (Fsp3) is 0.800. The van der Waals surface area contributed by atoms with Crippen LogP contribution in [-0.4, -0.2) is 60.5 Å². The number of carboxylic acids is 1. The van der Waals surface area contributed by atoms with E-state index in [1.165, 1.54) is 0 Å². The fourth-order valence-electron chi connectivity index (χ4n) is 1.50. The topological polar surface area (TPSA) is 108 Å². The molecule has 0 aromatic carbocycles. The third-order valence-electron chi connectivity index (χ3n) is 2.51. The summed E-state index contributed by atoms with van der Waals surface area (Å²) in [5.74, 6) is -1.77. The van der Waals surface area contributed by atoms with Crippen LogP contribution in [0.5, 0.6) is 0 Å². The molecule has 7 heteroatoms. The molecular formula is C10H18N2O5. The summed E-state index contributed by atoms with van der Waals surface area (Å²) in [6, 6.07) is 0. The molecule has 1 fully saturated rings. The standard InChI is InChI=1S/C10H18N2O5/c13-8(10(15)16)5-12-9(14)6-17-7-1-3-11-4-2-7/h7-8,11,13H,1-6H2,(H,12,14)(H,15,16). The number of aliphatic carboxylic acids is 1. The lowest BCUT2D eigenvalue weighted by Crippen LogP contribution is -2.40. The van der Waals surface area contributed by atoms with Gasteiger partial charge in [0, 0.05) is 0 Å². The highest BCUT2D eigenvalue weighted by atomic mass is 16.5. The Hall–Kier alpha value is -1.18. The van der Waals surface area contributed by atoms with Crippen LogP contribution in [0.4, 0.5) is 0 Å². The molecule has 1 aliphatic heterocycles. The van der Waals surface area contributed by atoms with E-state index < -0.39 is 18.0 Å². The Morgan fingerprint density at radius 1 is 1.41 bits per heavy atom. The number of carbonyl (C=O) groups is 2. The Bertz CT molecular complexity index is 265. The number of amides is 1. The minimum atomic E-state index is -1.57. The van der Waals surface area contributed by atoms with Crippen molar-refractivity contribution in [2.24, 2.45) is 0 Å². The van der Waals surface area contributed by atoms with Crippen LogP contribution in [0.3, 0.4) is 0 Å². The second-order valence-corrected chi connectivity index (χ2v) is 3.92. The number of carbonyl (C=O) groups excluding carboxylic acids is 1. The third kappa shape index (κ3) is 5.62. The van der Waals surface area contributed by atoms with E-state index in [2.05, 4.69) is 10.6 Å². The molecule has 17 heavy (non-hydrogen) atoms. The van der Waals surface area contributed by atoms with E-state index in [0.717, 1.165) is 25.9 Å². The quantitative estimate of drug-likeness (QED) is 0.446. The molecule has 1 heterocycles. The van der Waals surface area contributed by atoms with Crippen molar-refractivity contribution < 1.29 is 24.5 Å². The maximum Gasteiger partial charge on any atom is 0.334 e. The molecule has 1 rings (SSSR count). The van der Waals surface area contributed by atoms with Gasteiger partial charge in [0.2, 0.25) is 5.91 Å². The maximum absolute atomic E-state index is 11.3. The lowest BCUT2D eigenvalue weighted by atomic mass is 10.1. The summed E-state index contributed by atoms with van der Waals surface area (Å²) >= 11 is 0. The van der Waals surface area contributed by atoms with Gasteiger partial charge in [0.05, 0.1) is 12.6 Å². The van der Waals surface area contributed by atoms with Gasteiger partial charge < -0.3 is 25.6 Å². The zero-order chi connectivity index (χ0) is 12.7. The van der Waals surface area contributed by atoms with E-state index in [9.17, 15) is 9.59 Å². The second kappa shape index (κ2) is 7.21. The third-order valence-corrected chi connectivity index (χ3v) is 2.51. The Kier molecular flexibility index (Phi) is 5.88. The summed E-state index contributed by atoms with van der Waals surface area (Å²) in [4.78, 5) is 21.5. The van der Waals surface area contributed by atoms with Gasteiger partial charge in [0.25, 0.3) is 0 Å². The first-order valence-electron chi connectivity index (χ1n) is 5.59. The summed E-state index contributed by atoms with van der Waals surface area (Å²) < 4.78 is 5.36. The number of rotatable bonds is 6. The molecule has 0 aliphatic carbocycles. The summed E-state index contributed by atoms with van der Waals surface area (Å²) in [6.07, 6.45) is 0.236. The molecule has 0 aromatic heterocycles. The van der Waals surface area contributed by atoms with Crippen LogP contribution in [0.1, 0.15) is 12.8 Å². The van der Waals surface area contributed by atoms with Crippen molar-refractivity contribution in [1.82, 2.24) is 10.6 Å². The van der Waals surface area contributed by atoms with Gasteiger partial charge in [0.15, 0.2) is 6.10 Å². The van der Waals surface area contributed by atoms with Gasteiger partial charge in [-0.1, -0.05) is 0 Å². The van der Waals surface area contributed by atoms with Crippen molar-refractivity contribution in [3.8, 4) is 0 Å². The number of ether oxygens (including phenoxy) is 1. The first-order valence-corrected chi connectivity index (χ1v) is 5.59. The molecule has 1 unspecified atom stereocenters. The van der Waals surface area contributed by atoms with Gasteiger partial charge in [-0.05, 0) is 25.9 Å². The zero-order valence-electron chi connectivity index (χ0n) is 9.52. The Labute approximate surface area is 99.1 Å². The number of piperidine rings is 1. The number of hydrogen-bond donors (Lipinski definition) is 4. The first-order chi connectivity index (χ1) is 8.09. The normalized spacial score (nSPS) is 18.6. The van der Waals surface area contributed by atoms with E-state index in [0.29, 0.717) is 0 Å². The molecule has 0 aromatic rings. The highest BCUT2D eigenvalue weighted by Gasteiger charge is 2.16. The van der Waals surface area contributed by atoms with Crippen LogP contribution in [0, 0.1) is 0 Å². The summed E-state index contributed by atoms with van der Waals surface area (Å²) in [5, 5.41) is 22.8. The molecule has 7 nitrogen and oxygen atoms in total. The number of nitrogens with one attached hydrogen (secondary N) is 2. The number of aliphatic hydroxyl groups excluding tert-OH is 1. The van der Waals surface area contributed by atoms with Crippen molar-refractivity contribution >= 4 is 11.9 Å². The molecule has 0 radical (unpaired) electrons. The minimum Gasteiger partial charge on any atom is -0.479 e. The minimum absolute atomic E-state index is 0.0754. The number of aliphatic hydroxyl groups is 1. The van der Waals surface area contributed by atoms with E-state index in [-0.39, 0.29) is 19.3 Å². The van der Waals surface area contributed by atoms with Gasteiger partial charge in [-0.3, -0.25) is 4.79 Å². The van der Waals surface area contributed by atoms with Crippen LogP contribution in [0.2, 0.25) is 0 Å². The average molecular weight is 246 g/mol. The molecule has 0 bridgehead atoms. The van der Waals surface area contributed by atoms with Gasteiger partial charge in [-0.25, -0.2) is 4.79 Å². The van der Waals surface area contributed by atoms with Crippen molar-refractivity contribution in [2.75, 3.05) is 26.2 Å². The second-order valence-electron chi connectivity index (χ2n) is 3.92. The van der Waals surface area contributed by atoms with E-state index >= 15 is 0 Å². The largest absolute Gasteiger partial charge is 0.479 e. The smallest absolute Gasteiger partial charge is 0.334 e. The zero-order valence-corrected chi connectivity index (χ0v) is 9.52. The van der Waals surface area contributed by atoms with Gasteiger partial charge in [-0.2, -0.15) is 0 Å². The number of hydrogen-bond acceptors (Lipinski definition) is 5. The average Bonchev–Trinajstić information content (AvgIpc) is 2.34. The summed E-state index contributed by atoms with van der Waals surface area (Å²) in [5.41, 5.74) is 0. The molecule has 1 saturated heterocycles. The van der Waals surface area contributed by atoms with Gasteiger partial charge in [0.1, 0.15) is 6.61 Å². The monoisotopic (exact) mass is 246 g/mol. The van der Waals surface area contributed by atoms with Crippen molar-refractivity contribution in [3.63, 3.8) is 0 Å². The SMILES string of the molecule is O=C(COC1CCNCC1)NCC(O)C(=O)O. The van der Waals surface area contributed by atoms with Crippen LogP contribution >= 0.6 is 0 Å². The van der Waals surface area contributed by atoms with Crippen LogP contribution < -0.4 is 10.6 Å². The molecular weight excluding hydrogens is 228 g/mol. The summed E-state index contributed by atoms with van der Waals surface area (Å²) in [6.45, 7) is 1.36. The maximum atomic E-state index is 11.3. The molecule has 0 saturated carbocycles. The Morgan fingerprint density at radius 3 is 2.65 bits per heavy atom. The van der Waals surface area contributed by atoms with E-state index in [1.54, 1.807) is 0 Å². The number of carboxylic acid groups (broad SMARTS) is 1. The van der Waals surface area contributed by atoms with E-state index in [1.807, 2.05) is 0 Å². The predicted molar refractivity (Wildman–Crippen MR) is 58.5 cm³/mol. The molecule has 1 atom stereocenters. The molecule has 4 N–H and O–H groups in total. The Morgan fingerprint density at radius 2 is 2.06 bits per heavy atom. The van der Waals surface area contributed by atoms with E-state index in [4.69, 9.17) is 14.9 Å². The summed E-state index contributed by atoms with van der Waals surface area (Å²) in [7, 11) is 0. The molecule has 98 valence electrons. The highest BCUT2D eigenvalue weighted by molar-refractivity contribution is 5.78. The van der Waals surface area contributed by atoms with Crippen LogP contribution in [0.15, 0.2) is 0 Å². The lowest BCUT2D eigenvalue weighted by Gasteiger charge is -2.22. The first kappa shape index (κ1) is 13.9. The fourth-order valence-corrected chi connectivity index (χ4v) is 1.50. The molecule has 1 aliphatic rings. The van der Waals surface area contributed by atoms with Crippen molar-refractivity contribution in [3.05, 3.63) is 0 Å². The van der Waals surface area contributed by atoms with Crippen LogP contribution in [0.25, 0.3) is 0 Å². The Balaban J connectivity index is 2.10.